The molecule has 0 aliphatic rings. The van der Waals surface area contributed by atoms with Crippen LogP contribution in [0.5, 0.6) is 0 Å². The number of carboxylic acids is 1. The van der Waals surface area contributed by atoms with Crippen molar-refractivity contribution in [3.05, 3.63) is 29.6 Å². The number of amides is 1. The number of likely N-dealkylation sites (N-methyl/N-ethyl adjacent to an activating group) is 1. The van der Waals surface area contributed by atoms with Crippen molar-refractivity contribution in [1.29, 1.82) is 0 Å². The average molecular weight is 252 g/mol. The van der Waals surface area contributed by atoms with Gasteiger partial charge >= 0.3 is 5.97 Å². The van der Waals surface area contributed by atoms with Crippen molar-refractivity contribution in [3.63, 3.8) is 0 Å². The van der Waals surface area contributed by atoms with Crippen LogP contribution in [0.4, 0.5) is 0 Å². The van der Waals surface area contributed by atoms with Gasteiger partial charge in [0.05, 0.1) is 6.61 Å². The Labute approximate surface area is 105 Å². The molecule has 0 aliphatic carbocycles. The Hall–Kier alpha value is -1.95. The summed E-state index contributed by atoms with van der Waals surface area (Å²) in [5.41, 5.74) is -0.0204. The smallest absolute Gasteiger partial charge is 0.354 e. The van der Waals surface area contributed by atoms with Crippen LogP contribution < -0.4 is 0 Å². The fraction of sp³-hybridized carbons (Fsp3) is 0.417. The third kappa shape index (κ3) is 3.81. The summed E-state index contributed by atoms with van der Waals surface area (Å²) in [5.74, 6) is -1.47. The Kier molecular flexibility index (Phi) is 5.26. The first kappa shape index (κ1) is 14.1. The van der Waals surface area contributed by atoms with E-state index in [2.05, 4.69) is 4.98 Å². The summed E-state index contributed by atoms with van der Waals surface area (Å²) in [4.78, 5) is 27.9. The van der Waals surface area contributed by atoms with Gasteiger partial charge in [-0.3, -0.25) is 4.79 Å². The van der Waals surface area contributed by atoms with Gasteiger partial charge in [-0.05, 0) is 19.1 Å². The van der Waals surface area contributed by atoms with Crippen LogP contribution in [0.3, 0.4) is 0 Å². The van der Waals surface area contributed by atoms with Crippen LogP contribution in [0.25, 0.3) is 0 Å². The van der Waals surface area contributed by atoms with Gasteiger partial charge < -0.3 is 14.7 Å². The Morgan fingerprint density at radius 3 is 2.67 bits per heavy atom. The number of pyridine rings is 1. The van der Waals surface area contributed by atoms with Crippen molar-refractivity contribution in [2.75, 3.05) is 26.8 Å². The second-order valence-electron chi connectivity index (χ2n) is 3.64. The zero-order valence-electron chi connectivity index (χ0n) is 10.4. The monoisotopic (exact) mass is 252 g/mol. The minimum absolute atomic E-state index is 0.119. The summed E-state index contributed by atoms with van der Waals surface area (Å²) >= 11 is 0. The highest BCUT2D eigenvalue weighted by Crippen LogP contribution is 2.03. The molecule has 1 aromatic heterocycles. The number of hydrogen-bond acceptors (Lipinski definition) is 4. The van der Waals surface area contributed by atoms with Crippen LogP contribution in [0, 0.1) is 0 Å². The Morgan fingerprint density at radius 1 is 1.39 bits per heavy atom. The first-order valence-corrected chi connectivity index (χ1v) is 5.59. The number of ether oxygens (including phenoxy) is 1. The highest BCUT2D eigenvalue weighted by molar-refractivity contribution is 5.94. The number of aromatic nitrogens is 1. The molecule has 0 aromatic carbocycles. The standard InChI is InChI=1S/C12H16N2O4/c1-3-18-8-7-14(2)11(15)9-5-4-6-10(13-9)12(16)17/h4-6H,3,7-8H2,1-2H3,(H,16,17). The third-order valence-corrected chi connectivity index (χ3v) is 2.31. The predicted molar refractivity (Wildman–Crippen MR) is 64.6 cm³/mol. The lowest BCUT2D eigenvalue weighted by Gasteiger charge is -2.16. The van der Waals surface area contributed by atoms with E-state index < -0.39 is 5.97 Å². The van der Waals surface area contributed by atoms with Crippen LogP contribution in [-0.2, 0) is 4.74 Å². The van der Waals surface area contributed by atoms with Gasteiger partial charge in [-0.2, -0.15) is 0 Å². The average Bonchev–Trinajstić information content (AvgIpc) is 2.38. The molecule has 0 saturated carbocycles. The van der Waals surface area contributed by atoms with Gasteiger partial charge in [0.2, 0.25) is 0 Å². The zero-order chi connectivity index (χ0) is 13.5. The first-order chi connectivity index (χ1) is 8.56. The number of carboxylic acid groups (broad SMARTS) is 1. The summed E-state index contributed by atoms with van der Waals surface area (Å²) in [6.07, 6.45) is 0. The van der Waals surface area contributed by atoms with E-state index in [1.807, 2.05) is 6.92 Å². The van der Waals surface area contributed by atoms with E-state index in [1.165, 1.54) is 23.1 Å². The van der Waals surface area contributed by atoms with Crippen molar-refractivity contribution in [2.45, 2.75) is 6.92 Å². The van der Waals surface area contributed by atoms with Gasteiger partial charge in [0.15, 0.2) is 0 Å². The number of hydrogen-bond donors (Lipinski definition) is 1. The fourth-order valence-electron chi connectivity index (χ4n) is 1.32. The van der Waals surface area contributed by atoms with E-state index in [4.69, 9.17) is 9.84 Å². The van der Waals surface area contributed by atoms with E-state index in [1.54, 1.807) is 7.05 Å². The summed E-state index contributed by atoms with van der Waals surface area (Å²) < 4.78 is 5.14. The normalized spacial score (nSPS) is 10.1. The maximum atomic E-state index is 11.9. The maximum absolute atomic E-state index is 11.9. The quantitative estimate of drug-likeness (QED) is 0.760. The molecule has 6 nitrogen and oxygen atoms in total. The van der Waals surface area contributed by atoms with Crippen LogP contribution >= 0.6 is 0 Å². The summed E-state index contributed by atoms with van der Waals surface area (Å²) in [6.45, 7) is 3.34. The molecule has 0 atom stereocenters. The molecular formula is C12H16N2O4. The van der Waals surface area contributed by atoms with E-state index in [-0.39, 0.29) is 17.3 Å². The fourth-order valence-corrected chi connectivity index (χ4v) is 1.32. The topological polar surface area (TPSA) is 79.7 Å². The Morgan fingerprint density at radius 2 is 2.06 bits per heavy atom. The molecule has 0 unspecified atom stereocenters. The molecule has 1 N–H and O–H groups in total. The number of carbonyl (C=O) groups is 2. The third-order valence-electron chi connectivity index (χ3n) is 2.31. The largest absolute Gasteiger partial charge is 0.477 e. The predicted octanol–water partition coefficient (Wildman–Crippen LogP) is 0.888. The molecule has 1 amide bonds. The minimum atomic E-state index is -1.15. The summed E-state index contributed by atoms with van der Waals surface area (Å²) in [6, 6.07) is 4.34. The number of nitrogens with zero attached hydrogens (tertiary/aromatic N) is 2. The SMILES string of the molecule is CCOCCN(C)C(=O)c1cccc(C(=O)O)n1. The summed E-state index contributed by atoms with van der Waals surface area (Å²) in [7, 11) is 1.62. The van der Waals surface area contributed by atoms with Crippen molar-refractivity contribution < 1.29 is 19.4 Å². The minimum Gasteiger partial charge on any atom is -0.477 e. The van der Waals surface area contributed by atoms with E-state index in [0.29, 0.717) is 19.8 Å². The van der Waals surface area contributed by atoms with E-state index >= 15 is 0 Å². The lowest BCUT2D eigenvalue weighted by Crippen LogP contribution is -2.31. The van der Waals surface area contributed by atoms with Gasteiger partial charge in [-0.15, -0.1) is 0 Å². The van der Waals surface area contributed by atoms with E-state index in [0.717, 1.165) is 0 Å². The van der Waals surface area contributed by atoms with Gasteiger partial charge in [-0.25, -0.2) is 9.78 Å². The molecule has 18 heavy (non-hydrogen) atoms. The molecule has 0 saturated heterocycles. The Balaban J connectivity index is 2.71. The first-order valence-electron chi connectivity index (χ1n) is 5.59. The lowest BCUT2D eigenvalue weighted by molar-refractivity contribution is 0.0687. The molecule has 1 heterocycles. The number of aromatic carboxylic acids is 1. The lowest BCUT2D eigenvalue weighted by atomic mass is 10.3. The van der Waals surface area contributed by atoms with Gasteiger partial charge in [0, 0.05) is 20.2 Å². The van der Waals surface area contributed by atoms with Crippen molar-refractivity contribution in [3.8, 4) is 0 Å². The highest BCUT2D eigenvalue weighted by atomic mass is 16.5. The molecule has 0 bridgehead atoms. The molecule has 0 radical (unpaired) electrons. The van der Waals surface area contributed by atoms with Crippen molar-refractivity contribution >= 4 is 11.9 Å². The Bertz CT molecular complexity index is 434. The maximum Gasteiger partial charge on any atom is 0.354 e. The molecular weight excluding hydrogens is 236 g/mol. The number of carbonyl (C=O) groups excluding carboxylic acids is 1. The molecule has 0 aliphatic heterocycles. The van der Waals surface area contributed by atoms with Gasteiger partial charge in [0.1, 0.15) is 11.4 Å². The molecule has 0 fully saturated rings. The van der Waals surface area contributed by atoms with Crippen LogP contribution in [-0.4, -0.2) is 53.7 Å². The second-order valence-corrected chi connectivity index (χ2v) is 3.64. The van der Waals surface area contributed by atoms with Gasteiger partial charge in [0.25, 0.3) is 5.91 Å². The molecule has 0 spiro atoms. The second kappa shape index (κ2) is 6.70. The molecule has 1 aromatic rings. The van der Waals surface area contributed by atoms with E-state index in [9.17, 15) is 9.59 Å². The number of rotatable bonds is 6. The van der Waals surface area contributed by atoms with Crippen LogP contribution in [0.2, 0.25) is 0 Å². The van der Waals surface area contributed by atoms with Crippen molar-refractivity contribution in [2.24, 2.45) is 0 Å². The molecule has 98 valence electrons. The van der Waals surface area contributed by atoms with Crippen LogP contribution in [0.1, 0.15) is 27.9 Å². The zero-order valence-corrected chi connectivity index (χ0v) is 10.4. The van der Waals surface area contributed by atoms with Crippen molar-refractivity contribution in [1.82, 2.24) is 9.88 Å². The molecule has 1 rings (SSSR count). The van der Waals surface area contributed by atoms with Crippen LogP contribution in [0.15, 0.2) is 18.2 Å². The van der Waals surface area contributed by atoms with Gasteiger partial charge in [-0.1, -0.05) is 6.07 Å². The summed E-state index contributed by atoms with van der Waals surface area (Å²) in [5, 5.41) is 8.80. The molecule has 6 heteroatoms. The highest BCUT2D eigenvalue weighted by Gasteiger charge is 2.14.